The second-order valence-corrected chi connectivity index (χ2v) is 5.78. The third-order valence-electron chi connectivity index (χ3n) is 4.39. The topological polar surface area (TPSA) is 45.5 Å². The summed E-state index contributed by atoms with van der Waals surface area (Å²) < 4.78 is 2.07. The summed E-state index contributed by atoms with van der Waals surface area (Å²) >= 11 is 0. The number of carbonyl (C=O) groups is 1. The average molecular weight is 286 g/mol. The van der Waals surface area contributed by atoms with Crippen molar-refractivity contribution in [2.75, 3.05) is 13.1 Å². The monoisotopic (exact) mass is 286 g/mol. The van der Waals surface area contributed by atoms with E-state index in [1.165, 1.54) is 24.8 Å². The summed E-state index contributed by atoms with van der Waals surface area (Å²) in [4.78, 5) is 13.9. The largest absolute Gasteiger partial charge is 0.478 e. The van der Waals surface area contributed by atoms with Gasteiger partial charge in [0.15, 0.2) is 0 Å². The number of fused-ring (bicyclic) bond motifs is 1. The zero-order valence-electron chi connectivity index (χ0n) is 12.5. The molecule has 0 aliphatic carbocycles. The number of carboxylic acids is 1. The minimum atomic E-state index is -0.849. The Hall–Kier alpha value is -1.81. The Kier molecular flexibility index (Phi) is 3.97. The molecule has 2 heterocycles. The summed E-state index contributed by atoms with van der Waals surface area (Å²) in [5.41, 5.74) is 2.51. The normalized spacial score (nSPS) is 16.4. The molecule has 1 saturated heterocycles. The van der Waals surface area contributed by atoms with Gasteiger partial charge in [0.2, 0.25) is 0 Å². The highest BCUT2D eigenvalue weighted by Gasteiger charge is 2.18. The lowest BCUT2D eigenvalue weighted by Crippen LogP contribution is -2.28. The number of aromatic nitrogens is 1. The fourth-order valence-electron chi connectivity index (χ4n) is 3.34. The highest BCUT2D eigenvalue weighted by molar-refractivity contribution is 6.03. The van der Waals surface area contributed by atoms with Gasteiger partial charge in [-0.15, -0.1) is 0 Å². The highest BCUT2D eigenvalue weighted by Crippen LogP contribution is 2.27. The third kappa shape index (κ3) is 2.68. The Morgan fingerprint density at radius 1 is 1.24 bits per heavy atom. The summed E-state index contributed by atoms with van der Waals surface area (Å²) in [6, 6.07) is 5.60. The molecule has 21 heavy (non-hydrogen) atoms. The number of benzene rings is 1. The van der Waals surface area contributed by atoms with Gasteiger partial charge in [0.25, 0.3) is 0 Å². The van der Waals surface area contributed by atoms with Gasteiger partial charge >= 0.3 is 5.97 Å². The third-order valence-corrected chi connectivity index (χ3v) is 4.39. The smallest absolute Gasteiger partial charge is 0.337 e. The molecule has 1 aromatic carbocycles. The minimum absolute atomic E-state index is 0.402. The number of hydrogen-bond acceptors (Lipinski definition) is 2. The predicted octanol–water partition coefficient (Wildman–Crippen LogP) is 3.35. The van der Waals surface area contributed by atoms with E-state index in [0.29, 0.717) is 5.56 Å². The van der Waals surface area contributed by atoms with Crippen LogP contribution in [0.25, 0.3) is 10.9 Å². The van der Waals surface area contributed by atoms with E-state index < -0.39 is 5.97 Å². The van der Waals surface area contributed by atoms with Gasteiger partial charge in [0.1, 0.15) is 0 Å². The predicted molar refractivity (Wildman–Crippen MR) is 83.7 cm³/mol. The lowest BCUT2D eigenvalue weighted by Gasteiger charge is -2.26. The first-order chi connectivity index (χ1) is 10.2. The average Bonchev–Trinajstić information content (AvgIpc) is 2.86. The van der Waals surface area contributed by atoms with E-state index in [2.05, 4.69) is 22.6 Å². The second-order valence-electron chi connectivity index (χ2n) is 5.78. The van der Waals surface area contributed by atoms with E-state index >= 15 is 0 Å². The van der Waals surface area contributed by atoms with Crippen molar-refractivity contribution < 1.29 is 9.90 Å². The highest BCUT2D eigenvalue weighted by atomic mass is 16.4. The number of aromatic carboxylic acids is 1. The van der Waals surface area contributed by atoms with Crippen LogP contribution in [0.1, 0.15) is 42.1 Å². The molecule has 1 aromatic heterocycles. The van der Waals surface area contributed by atoms with Crippen LogP contribution in [0.3, 0.4) is 0 Å². The van der Waals surface area contributed by atoms with Crippen molar-refractivity contribution in [2.45, 2.75) is 39.3 Å². The van der Waals surface area contributed by atoms with E-state index in [9.17, 15) is 9.90 Å². The Labute approximate surface area is 125 Å². The van der Waals surface area contributed by atoms with Crippen molar-refractivity contribution in [3.05, 3.63) is 35.5 Å². The zero-order chi connectivity index (χ0) is 14.8. The van der Waals surface area contributed by atoms with E-state index in [1.807, 2.05) is 12.1 Å². The van der Waals surface area contributed by atoms with Crippen LogP contribution < -0.4 is 0 Å². The lowest BCUT2D eigenvalue weighted by atomic mass is 10.1. The quantitative estimate of drug-likeness (QED) is 0.937. The van der Waals surface area contributed by atoms with E-state index in [-0.39, 0.29) is 0 Å². The fraction of sp³-hybridized carbons (Fsp3) is 0.471. The number of likely N-dealkylation sites (tertiary alicyclic amines) is 1. The van der Waals surface area contributed by atoms with E-state index in [0.717, 1.165) is 37.1 Å². The Morgan fingerprint density at radius 2 is 2.00 bits per heavy atom. The number of rotatable bonds is 4. The Morgan fingerprint density at radius 3 is 2.67 bits per heavy atom. The summed E-state index contributed by atoms with van der Waals surface area (Å²) in [7, 11) is 0. The van der Waals surface area contributed by atoms with Gasteiger partial charge in [-0.2, -0.15) is 0 Å². The lowest BCUT2D eigenvalue weighted by molar-refractivity contribution is 0.0698. The molecule has 4 heteroatoms. The molecule has 0 spiro atoms. The number of nitrogens with zero attached hydrogens (tertiary/aromatic N) is 2. The first-order valence-electron chi connectivity index (χ1n) is 7.77. The van der Waals surface area contributed by atoms with Gasteiger partial charge in [0.05, 0.1) is 11.1 Å². The first-order valence-corrected chi connectivity index (χ1v) is 7.77. The molecule has 2 aromatic rings. The van der Waals surface area contributed by atoms with Crippen molar-refractivity contribution in [1.29, 1.82) is 0 Å². The van der Waals surface area contributed by atoms with Crippen molar-refractivity contribution in [3.63, 3.8) is 0 Å². The molecule has 3 rings (SSSR count). The van der Waals surface area contributed by atoms with Crippen LogP contribution in [-0.4, -0.2) is 33.6 Å². The maximum absolute atomic E-state index is 11.5. The number of para-hydroxylation sites is 1. The molecule has 1 N–H and O–H groups in total. The van der Waals surface area contributed by atoms with Crippen molar-refractivity contribution in [2.24, 2.45) is 0 Å². The fourth-order valence-corrected chi connectivity index (χ4v) is 3.34. The molecule has 112 valence electrons. The molecule has 1 fully saturated rings. The summed E-state index contributed by atoms with van der Waals surface area (Å²) in [5, 5.41) is 10.5. The Bertz CT molecular complexity index is 654. The second kappa shape index (κ2) is 5.90. The summed E-state index contributed by atoms with van der Waals surface area (Å²) in [5.74, 6) is -0.849. The minimum Gasteiger partial charge on any atom is -0.478 e. The van der Waals surface area contributed by atoms with Gasteiger partial charge in [-0.1, -0.05) is 18.6 Å². The molecule has 0 radical (unpaired) electrons. The standard InChI is InChI=1S/C17H22N2O2/c1-2-19-12-13(11-18-9-4-3-5-10-18)14-7-6-8-15(16(14)19)17(20)21/h6-8,12H,2-5,9-11H2,1H3,(H,20,21). The molecular weight excluding hydrogens is 264 g/mol. The first kappa shape index (κ1) is 14.1. The number of carboxylic acid groups (broad SMARTS) is 1. The van der Waals surface area contributed by atoms with Crippen LogP contribution in [0.5, 0.6) is 0 Å². The van der Waals surface area contributed by atoms with Crippen LogP contribution in [0, 0.1) is 0 Å². The molecule has 0 saturated carbocycles. The molecule has 4 nitrogen and oxygen atoms in total. The van der Waals surface area contributed by atoms with Crippen molar-refractivity contribution in [1.82, 2.24) is 9.47 Å². The van der Waals surface area contributed by atoms with Crippen LogP contribution in [0.2, 0.25) is 0 Å². The van der Waals surface area contributed by atoms with Crippen LogP contribution in [0.4, 0.5) is 0 Å². The van der Waals surface area contributed by atoms with Crippen LogP contribution >= 0.6 is 0 Å². The SMILES string of the molecule is CCn1cc(CN2CCCCC2)c2cccc(C(=O)O)c21. The molecule has 0 unspecified atom stereocenters. The maximum Gasteiger partial charge on any atom is 0.337 e. The molecule has 0 bridgehead atoms. The summed E-state index contributed by atoms with van der Waals surface area (Å²) in [6.45, 7) is 6.07. The maximum atomic E-state index is 11.5. The van der Waals surface area contributed by atoms with Gasteiger partial charge in [-0.05, 0) is 44.5 Å². The van der Waals surface area contributed by atoms with Crippen LogP contribution in [0.15, 0.2) is 24.4 Å². The molecule has 1 aliphatic rings. The molecular formula is C17H22N2O2. The van der Waals surface area contributed by atoms with Gasteiger partial charge in [-0.3, -0.25) is 4.90 Å². The molecule has 0 amide bonds. The van der Waals surface area contributed by atoms with E-state index in [4.69, 9.17) is 0 Å². The molecule has 1 aliphatic heterocycles. The van der Waals surface area contributed by atoms with Crippen molar-refractivity contribution >= 4 is 16.9 Å². The molecule has 0 atom stereocenters. The number of aryl methyl sites for hydroxylation is 1. The number of hydrogen-bond donors (Lipinski definition) is 1. The van der Waals surface area contributed by atoms with E-state index in [1.54, 1.807) is 6.07 Å². The Balaban J connectivity index is 2.03. The van der Waals surface area contributed by atoms with Gasteiger partial charge < -0.3 is 9.67 Å². The van der Waals surface area contributed by atoms with Crippen molar-refractivity contribution in [3.8, 4) is 0 Å². The van der Waals surface area contributed by atoms with Gasteiger partial charge in [-0.25, -0.2) is 4.79 Å². The summed E-state index contributed by atoms with van der Waals surface area (Å²) in [6.07, 6.45) is 6.00. The zero-order valence-corrected chi connectivity index (χ0v) is 12.5. The van der Waals surface area contributed by atoms with Crippen LogP contribution in [-0.2, 0) is 13.1 Å². The van der Waals surface area contributed by atoms with Gasteiger partial charge in [0, 0.05) is 24.7 Å². The number of piperidine rings is 1.